The molecule has 0 aliphatic heterocycles. The lowest BCUT2D eigenvalue weighted by atomic mass is 10.2. The quantitative estimate of drug-likeness (QED) is 0.0593. The van der Waals surface area contributed by atoms with Crippen molar-refractivity contribution in [2.24, 2.45) is 0 Å². The summed E-state index contributed by atoms with van der Waals surface area (Å²) >= 11 is 0. The zero-order valence-electron chi connectivity index (χ0n) is 26.9. The number of hydrogen-bond acceptors (Lipinski definition) is 9. The minimum Gasteiger partial charge on any atom is -0.494 e. The van der Waals surface area contributed by atoms with Crippen LogP contribution in [0.2, 0.25) is 0 Å². The maximum atomic E-state index is 14.7. The van der Waals surface area contributed by atoms with E-state index in [4.69, 9.17) is 23.7 Å². The summed E-state index contributed by atoms with van der Waals surface area (Å²) in [6.45, 7) is 8.19. The topological polar surface area (TPSA) is 126 Å². The van der Waals surface area contributed by atoms with Gasteiger partial charge in [0.25, 0.3) is 0 Å². The molecule has 0 aromatic heterocycles. The molecule has 256 valence electrons. The fraction of sp³-hybridized carbons (Fsp3) is 0.211. The van der Waals surface area contributed by atoms with Gasteiger partial charge >= 0.3 is 17.9 Å². The van der Waals surface area contributed by atoms with Gasteiger partial charge in [-0.1, -0.05) is 37.4 Å². The maximum absolute atomic E-state index is 14.7. The van der Waals surface area contributed by atoms with Gasteiger partial charge in [-0.05, 0) is 85.4 Å². The summed E-state index contributed by atoms with van der Waals surface area (Å²) in [7, 11) is 0. The molecule has 0 bridgehead atoms. The first kappa shape index (κ1) is 37.5. The van der Waals surface area contributed by atoms with E-state index in [1.54, 1.807) is 60.7 Å². The third kappa shape index (κ3) is 15.0. The minimum atomic E-state index is -0.773. The molecule has 0 aliphatic carbocycles. The second-order valence-electron chi connectivity index (χ2n) is 10.2. The highest BCUT2D eigenvalue weighted by molar-refractivity contribution is 6.02. The van der Waals surface area contributed by atoms with Crippen molar-refractivity contribution in [3.63, 3.8) is 0 Å². The van der Waals surface area contributed by atoms with Crippen LogP contribution < -0.4 is 19.5 Å². The summed E-state index contributed by atoms with van der Waals surface area (Å²) in [4.78, 5) is 46.7. The normalized spacial score (nSPS) is 10.7. The Morgan fingerprint density at radius 1 is 0.612 bits per heavy atom. The molecule has 3 rings (SSSR count). The minimum absolute atomic E-state index is 0.0258. The molecule has 0 saturated heterocycles. The van der Waals surface area contributed by atoms with Gasteiger partial charge < -0.3 is 29.0 Å². The van der Waals surface area contributed by atoms with Crippen LogP contribution in [0.15, 0.2) is 104 Å². The largest absolute Gasteiger partial charge is 0.494 e. The number of halogens is 1. The lowest BCUT2D eigenvalue weighted by molar-refractivity contribution is -0.138. The number of rotatable bonds is 20. The average molecular weight is 672 g/mol. The van der Waals surface area contributed by atoms with E-state index in [9.17, 15) is 23.6 Å². The van der Waals surface area contributed by atoms with Crippen molar-refractivity contribution < 1.29 is 47.3 Å². The van der Waals surface area contributed by atoms with Gasteiger partial charge in [-0.3, -0.25) is 4.79 Å². The molecule has 1 N–H and O–H groups in total. The Balaban J connectivity index is 1.37. The first-order valence-corrected chi connectivity index (χ1v) is 15.5. The molecule has 0 radical (unpaired) electrons. The van der Waals surface area contributed by atoms with Gasteiger partial charge in [-0.25, -0.2) is 18.8 Å². The van der Waals surface area contributed by atoms with E-state index in [1.165, 1.54) is 24.3 Å². The number of hydrogen-bond donors (Lipinski definition) is 1. The first-order chi connectivity index (χ1) is 23.7. The number of esters is 3. The molecule has 0 spiro atoms. The molecule has 3 aromatic carbocycles. The maximum Gasteiger partial charge on any atom is 0.336 e. The number of amides is 1. The Kier molecular flexibility index (Phi) is 16.1. The Morgan fingerprint density at radius 3 is 1.57 bits per heavy atom. The zero-order valence-corrected chi connectivity index (χ0v) is 26.9. The van der Waals surface area contributed by atoms with E-state index >= 15 is 0 Å². The smallest absolute Gasteiger partial charge is 0.336 e. The molecule has 11 heteroatoms. The van der Waals surface area contributed by atoms with Crippen LogP contribution in [0.3, 0.4) is 0 Å². The van der Waals surface area contributed by atoms with Gasteiger partial charge in [0.05, 0.1) is 32.1 Å². The van der Waals surface area contributed by atoms with Crippen molar-refractivity contribution in [2.45, 2.75) is 25.7 Å². The monoisotopic (exact) mass is 671 g/mol. The number of carbonyl (C=O) groups is 4. The molecule has 1 amide bonds. The van der Waals surface area contributed by atoms with Gasteiger partial charge in [0, 0.05) is 30.4 Å². The highest BCUT2D eigenvalue weighted by Crippen LogP contribution is 2.22. The summed E-state index contributed by atoms with van der Waals surface area (Å²) < 4.78 is 41.0. The molecular formula is C38H38FNO9. The van der Waals surface area contributed by atoms with Gasteiger partial charge in [0.1, 0.15) is 23.1 Å². The number of nitrogens with one attached hydrogen (secondary N) is 1. The summed E-state index contributed by atoms with van der Waals surface area (Å²) in [6, 6.07) is 17.8. The second kappa shape index (κ2) is 21.0. The lowest BCUT2D eigenvalue weighted by Gasteiger charge is -2.07. The van der Waals surface area contributed by atoms with Crippen molar-refractivity contribution in [2.75, 3.05) is 31.7 Å². The summed E-state index contributed by atoms with van der Waals surface area (Å²) in [6.07, 6.45) is 10.6. The van der Waals surface area contributed by atoms with Crippen LogP contribution >= 0.6 is 0 Å². The van der Waals surface area contributed by atoms with E-state index in [0.29, 0.717) is 63.6 Å². The molecular weight excluding hydrogens is 633 g/mol. The summed E-state index contributed by atoms with van der Waals surface area (Å²) in [5, 5.41) is 2.46. The Hall–Kier alpha value is -5.97. The van der Waals surface area contributed by atoms with Crippen LogP contribution in [-0.4, -0.2) is 50.2 Å². The highest BCUT2D eigenvalue weighted by Gasteiger charge is 2.09. The fourth-order valence-corrected chi connectivity index (χ4v) is 3.92. The molecule has 49 heavy (non-hydrogen) atoms. The Bertz CT molecular complexity index is 1630. The van der Waals surface area contributed by atoms with Gasteiger partial charge in [-0.15, -0.1) is 0 Å². The lowest BCUT2D eigenvalue weighted by Crippen LogP contribution is -2.10. The first-order valence-electron chi connectivity index (χ1n) is 15.5. The van der Waals surface area contributed by atoms with E-state index < -0.39 is 29.6 Å². The third-order valence-electron chi connectivity index (χ3n) is 6.45. The molecule has 0 saturated carbocycles. The number of anilines is 1. The van der Waals surface area contributed by atoms with Gasteiger partial charge in [0.15, 0.2) is 0 Å². The van der Waals surface area contributed by atoms with Crippen molar-refractivity contribution in [1.29, 1.82) is 0 Å². The predicted molar refractivity (Wildman–Crippen MR) is 183 cm³/mol. The van der Waals surface area contributed by atoms with Gasteiger partial charge in [-0.2, -0.15) is 0 Å². The third-order valence-corrected chi connectivity index (χ3v) is 6.45. The molecule has 0 fully saturated rings. The van der Waals surface area contributed by atoms with Crippen LogP contribution in [0.4, 0.5) is 10.1 Å². The molecule has 0 unspecified atom stereocenters. The predicted octanol–water partition coefficient (Wildman–Crippen LogP) is 6.87. The van der Waals surface area contributed by atoms with Crippen LogP contribution in [0.1, 0.15) is 36.8 Å². The zero-order chi connectivity index (χ0) is 35.3. The van der Waals surface area contributed by atoms with Crippen LogP contribution in [0.25, 0.3) is 12.2 Å². The van der Waals surface area contributed by atoms with Gasteiger partial charge in [0.2, 0.25) is 5.91 Å². The SMILES string of the molecule is C=CC(=O)OCCCCOc1ccc(C=CC(=O)Nc2ccc(OC(=O)C=Cc3ccc(OCCCCOC(=O)C=C)cc3)cc2F)cc1. The van der Waals surface area contributed by atoms with Crippen LogP contribution in [0, 0.1) is 5.82 Å². The standard InChI is InChI=1S/C38H38FNO9/c1-3-36(42)47-25-7-5-23-45-30-15-9-28(10-16-30)13-21-35(41)40-34-20-19-32(27-33(34)39)49-38(44)22-14-29-11-17-31(18-12-29)46-24-6-8-26-48-37(43)4-2/h3-4,9-22,27H,1-2,5-8,23-26H2,(H,40,41). The Labute approximate surface area is 284 Å². The molecule has 0 aliphatic rings. The number of unbranched alkanes of at least 4 members (excludes halogenated alkanes) is 2. The Morgan fingerprint density at radius 2 is 1.08 bits per heavy atom. The molecule has 3 aromatic rings. The second-order valence-corrected chi connectivity index (χ2v) is 10.2. The average Bonchev–Trinajstić information content (AvgIpc) is 3.11. The van der Waals surface area contributed by atoms with Crippen molar-refractivity contribution in [1.82, 2.24) is 0 Å². The molecule has 0 heterocycles. The van der Waals surface area contributed by atoms with Crippen LogP contribution in [-0.2, 0) is 28.7 Å². The van der Waals surface area contributed by atoms with E-state index in [2.05, 4.69) is 18.5 Å². The number of benzene rings is 3. The van der Waals surface area contributed by atoms with E-state index in [0.717, 1.165) is 29.3 Å². The molecule has 10 nitrogen and oxygen atoms in total. The van der Waals surface area contributed by atoms with Crippen LogP contribution in [0.5, 0.6) is 17.2 Å². The van der Waals surface area contributed by atoms with Crippen molar-refractivity contribution >= 4 is 41.7 Å². The van der Waals surface area contributed by atoms with E-state index in [-0.39, 0.29) is 11.4 Å². The van der Waals surface area contributed by atoms with E-state index in [1.807, 2.05) is 0 Å². The number of ether oxygens (including phenoxy) is 5. The molecule has 0 atom stereocenters. The fourth-order valence-electron chi connectivity index (χ4n) is 3.92. The number of carbonyl (C=O) groups excluding carboxylic acids is 4. The highest BCUT2D eigenvalue weighted by atomic mass is 19.1. The van der Waals surface area contributed by atoms with Crippen molar-refractivity contribution in [3.8, 4) is 17.2 Å². The summed E-state index contributed by atoms with van der Waals surface area (Å²) in [5.41, 5.74) is 1.38. The van der Waals surface area contributed by atoms with Crippen molar-refractivity contribution in [3.05, 3.63) is 121 Å². The summed E-state index contributed by atoms with van der Waals surface area (Å²) in [5.74, 6) is -1.66.